The highest BCUT2D eigenvalue weighted by Gasteiger charge is 1.97. The zero-order valence-corrected chi connectivity index (χ0v) is 11.4. The lowest BCUT2D eigenvalue weighted by molar-refractivity contribution is 0.317. The Morgan fingerprint density at radius 3 is 2.94 bits per heavy atom. The minimum atomic E-state index is -0.719. The Balaban J connectivity index is 2.34. The molecule has 1 aromatic rings. The highest BCUT2D eigenvalue weighted by atomic mass is 32.2. The highest BCUT2D eigenvalue weighted by molar-refractivity contribution is 7.84. The van der Waals surface area contributed by atoms with E-state index in [0.717, 1.165) is 31.9 Å². The largest absolute Gasteiger partial charge is 0.494 e. The van der Waals surface area contributed by atoms with Crippen LogP contribution in [0.1, 0.15) is 18.9 Å². The zero-order valence-electron chi connectivity index (χ0n) is 10.6. The molecule has 0 radical (unpaired) electrons. The molecule has 1 aromatic carbocycles. The SMILES string of the molecule is CCCOc1cccc(CNCCS(C)=O)c1. The van der Waals surface area contributed by atoms with E-state index in [1.165, 1.54) is 5.56 Å². The molecule has 0 aliphatic carbocycles. The molecule has 0 heterocycles. The van der Waals surface area contributed by atoms with Crippen LogP contribution in [0.25, 0.3) is 0 Å². The average molecular weight is 255 g/mol. The van der Waals surface area contributed by atoms with E-state index in [0.29, 0.717) is 5.75 Å². The number of hydrogen-bond donors (Lipinski definition) is 1. The molecule has 1 N–H and O–H groups in total. The number of ether oxygens (including phenoxy) is 1. The van der Waals surface area contributed by atoms with Crippen molar-refractivity contribution < 1.29 is 8.95 Å². The highest BCUT2D eigenvalue weighted by Crippen LogP contribution is 2.13. The lowest BCUT2D eigenvalue weighted by Gasteiger charge is -2.07. The predicted molar refractivity (Wildman–Crippen MR) is 72.9 cm³/mol. The van der Waals surface area contributed by atoms with E-state index in [1.807, 2.05) is 18.2 Å². The van der Waals surface area contributed by atoms with Crippen molar-refractivity contribution in [3.05, 3.63) is 29.8 Å². The molecule has 0 spiro atoms. The normalized spacial score (nSPS) is 12.4. The predicted octanol–water partition coefficient (Wildman–Crippen LogP) is 1.94. The summed E-state index contributed by atoms with van der Waals surface area (Å²) >= 11 is 0. The van der Waals surface area contributed by atoms with Gasteiger partial charge in [-0.15, -0.1) is 0 Å². The molecule has 17 heavy (non-hydrogen) atoms. The molecule has 0 aliphatic heterocycles. The van der Waals surface area contributed by atoms with Crippen LogP contribution in [0.3, 0.4) is 0 Å². The van der Waals surface area contributed by atoms with Crippen molar-refractivity contribution in [2.45, 2.75) is 19.9 Å². The van der Waals surface area contributed by atoms with E-state index >= 15 is 0 Å². The number of benzene rings is 1. The first kappa shape index (κ1) is 14.2. The van der Waals surface area contributed by atoms with Gasteiger partial charge in [-0.05, 0) is 24.1 Å². The van der Waals surface area contributed by atoms with Gasteiger partial charge in [-0.25, -0.2) is 0 Å². The molecule has 0 aliphatic rings. The molecule has 1 atom stereocenters. The van der Waals surface area contributed by atoms with E-state index in [-0.39, 0.29) is 0 Å². The van der Waals surface area contributed by atoms with Gasteiger partial charge in [0.2, 0.25) is 0 Å². The van der Waals surface area contributed by atoms with Crippen LogP contribution in [0.4, 0.5) is 0 Å². The first-order chi connectivity index (χ1) is 8.22. The summed E-state index contributed by atoms with van der Waals surface area (Å²) in [6.45, 7) is 4.42. The quantitative estimate of drug-likeness (QED) is 0.722. The van der Waals surface area contributed by atoms with Crippen molar-refractivity contribution >= 4 is 10.8 Å². The third-order valence-corrected chi connectivity index (χ3v) is 3.05. The number of nitrogens with one attached hydrogen (secondary N) is 1. The Hall–Kier alpha value is -0.870. The monoisotopic (exact) mass is 255 g/mol. The van der Waals surface area contributed by atoms with Crippen molar-refractivity contribution in [1.82, 2.24) is 5.32 Å². The second kappa shape index (κ2) is 8.25. The van der Waals surface area contributed by atoms with Crippen molar-refractivity contribution in [3.63, 3.8) is 0 Å². The van der Waals surface area contributed by atoms with E-state index < -0.39 is 10.8 Å². The Labute approximate surface area is 106 Å². The van der Waals surface area contributed by atoms with Gasteiger partial charge in [-0.2, -0.15) is 0 Å². The van der Waals surface area contributed by atoms with Crippen LogP contribution in [-0.2, 0) is 17.3 Å². The summed E-state index contributed by atoms with van der Waals surface area (Å²) in [5.41, 5.74) is 1.19. The standard InChI is InChI=1S/C13H21NO2S/c1-3-8-16-13-6-4-5-12(10-13)11-14-7-9-17(2)15/h4-6,10,14H,3,7-9,11H2,1-2H3. The molecular formula is C13H21NO2S. The summed E-state index contributed by atoms with van der Waals surface area (Å²) in [5, 5.41) is 3.27. The van der Waals surface area contributed by atoms with Gasteiger partial charge in [-0.1, -0.05) is 19.1 Å². The summed E-state index contributed by atoms with van der Waals surface area (Å²) < 4.78 is 16.4. The maximum absolute atomic E-state index is 10.9. The molecule has 0 saturated carbocycles. The molecule has 0 saturated heterocycles. The lowest BCUT2D eigenvalue weighted by Crippen LogP contribution is -2.19. The van der Waals surface area contributed by atoms with Gasteiger partial charge in [-0.3, -0.25) is 4.21 Å². The van der Waals surface area contributed by atoms with E-state index in [1.54, 1.807) is 6.26 Å². The molecule has 1 rings (SSSR count). The van der Waals surface area contributed by atoms with Crippen LogP contribution in [0.5, 0.6) is 5.75 Å². The molecule has 0 amide bonds. The fourth-order valence-corrected chi connectivity index (χ4v) is 1.85. The van der Waals surface area contributed by atoms with Crippen LogP contribution >= 0.6 is 0 Å². The maximum Gasteiger partial charge on any atom is 0.119 e. The summed E-state index contributed by atoms with van der Waals surface area (Å²) in [5.74, 6) is 1.62. The van der Waals surface area contributed by atoms with Crippen molar-refractivity contribution in [2.24, 2.45) is 0 Å². The minimum Gasteiger partial charge on any atom is -0.494 e. The van der Waals surface area contributed by atoms with Crippen LogP contribution in [-0.4, -0.2) is 29.4 Å². The molecule has 0 fully saturated rings. The smallest absolute Gasteiger partial charge is 0.119 e. The van der Waals surface area contributed by atoms with Gasteiger partial charge in [0.05, 0.1) is 6.61 Å². The van der Waals surface area contributed by atoms with Crippen LogP contribution in [0.15, 0.2) is 24.3 Å². The first-order valence-electron chi connectivity index (χ1n) is 5.95. The molecular weight excluding hydrogens is 234 g/mol. The Bertz CT molecular complexity index is 355. The Morgan fingerprint density at radius 1 is 1.41 bits per heavy atom. The topological polar surface area (TPSA) is 38.3 Å². The van der Waals surface area contributed by atoms with Crippen LogP contribution in [0.2, 0.25) is 0 Å². The van der Waals surface area contributed by atoms with Gasteiger partial charge in [0, 0.05) is 35.9 Å². The summed E-state index contributed by atoms with van der Waals surface area (Å²) in [6.07, 6.45) is 2.74. The molecule has 4 heteroatoms. The molecule has 0 aromatic heterocycles. The second-order valence-corrected chi connectivity index (χ2v) is 5.50. The van der Waals surface area contributed by atoms with E-state index in [2.05, 4.69) is 18.3 Å². The zero-order chi connectivity index (χ0) is 12.5. The minimum absolute atomic E-state index is 0.700. The molecule has 96 valence electrons. The molecule has 1 unspecified atom stereocenters. The van der Waals surface area contributed by atoms with Gasteiger partial charge in [0.15, 0.2) is 0 Å². The second-order valence-electron chi connectivity index (χ2n) is 3.95. The van der Waals surface area contributed by atoms with E-state index in [9.17, 15) is 4.21 Å². The first-order valence-corrected chi connectivity index (χ1v) is 7.67. The third kappa shape index (κ3) is 6.44. The van der Waals surface area contributed by atoms with Crippen LogP contribution in [0, 0.1) is 0 Å². The van der Waals surface area contributed by atoms with Gasteiger partial charge in [0.25, 0.3) is 0 Å². The van der Waals surface area contributed by atoms with Crippen molar-refractivity contribution in [1.29, 1.82) is 0 Å². The number of rotatable bonds is 8. The summed E-state index contributed by atoms with van der Waals surface area (Å²) in [6, 6.07) is 8.08. The summed E-state index contributed by atoms with van der Waals surface area (Å²) in [7, 11) is -0.719. The fourth-order valence-electron chi connectivity index (χ4n) is 1.41. The fraction of sp³-hybridized carbons (Fsp3) is 0.538. The third-order valence-electron chi connectivity index (χ3n) is 2.27. The van der Waals surface area contributed by atoms with Gasteiger partial charge >= 0.3 is 0 Å². The average Bonchev–Trinajstić information content (AvgIpc) is 2.32. The summed E-state index contributed by atoms with van der Waals surface area (Å²) in [4.78, 5) is 0. The van der Waals surface area contributed by atoms with Crippen LogP contribution < -0.4 is 10.1 Å². The molecule has 3 nitrogen and oxygen atoms in total. The Kier molecular flexibility index (Phi) is 6.89. The molecule has 0 bridgehead atoms. The van der Waals surface area contributed by atoms with Crippen molar-refractivity contribution in [2.75, 3.05) is 25.2 Å². The van der Waals surface area contributed by atoms with Gasteiger partial charge in [0.1, 0.15) is 5.75 Å². The lowest BCUT2D eigenvalue weighted by atomic mass is 10.2. The number of hydrogen-bond acceptors (Lipinski definition) is 3. The van der Waals surface area contributed by atoms with E-state index in [4.69, 9.17) is 4.74 Å². The van der Waals surface area contributed by atoms with Crippen molar-refractivity contribution in [3.8, 4) is 5.75 Å². The maximum atomic E-state index is 10.9. The Morgan fingerprint density at radius 2 is 2.24 bits per heavy atom. The van der Waals surface area contributed by atoms with Gasteiger partial charge < -0.3 is 10.1 Å².